The van der Waals surface area contributed by atoms with Crippen LogP contribution in [0.25, 0.3) is 0 Å². The number of aryl methyl sites for hydroxylation is 1. The van der Waals surface area contributed by atoms with Crippen LogP contribution in [0.5, 0.6) is 5.75 Å². The Balaban J connectivity index is 1.72. The maximum Gasteiger partial charge on any atom is 0.266 e. The molecule has 3 N–H and O–H groups in total. The van der Waals surface area contributed by atoms with Gasteiger partial charge in [0.2, 0.25) is 0 Å². The third-order valence-corrected chi connectivity index (χ3v) is 3.28. The summed E-state index contributed by atoms with van der Waals surface area (Å²) in [5, 5.41) is 6.81. The third-order valence-electron chi connectivity index (χ3n) is 3.04. The first-order valence-corrected chi connectivity index (χ1v) is 7.01. The van der Waals surface area contributed by atoms with Gasteiger partial charge in [0.1, 0.15) is 11.5 Å². The molecule has 0 aromatic heterocycles. The van der Waals surface area contributed by atoms with Crippen molar-refractivity contribution in [3.63, 3.8) is 0 Å². The van der Waals surface area contributed by atoms with Gasteiger partial charge in [0.05, 0.1) is 6.54 Å². The van der Waals surface area contributed by atoms with E-state index in [4.69, 9.17) is 26.9 Å². The zero-order valence-electron chi connectivity index (χ0n) is 12.0. The summed E-state index contributed by atoms with van der Waals surface area (Å²) in [7, 11) is 0. The van der Waals surface area contributed by atoms with E-state index >= 15 is 0 Å². The molecule has 1 aromatic rings. The van der Waals surface area contributed by atoms with Gasteiger partial charge in [-0.15, -0.1) is 0 Å². The molecule has 0 radical (unpaired) electrons. The Morgan fingerprint density at radius 2 is 2.32 bits per heavy atom. The quantitative estimate of drug-likeness (QED) is 0.806. The zero-order valence-corrected chi connectivity index (χ0v) is 12.7. The summed E-state index contributed by atoms with van der Waals surface area (Å²) in [6, 6.07) is 5.15. The van der Waals surface area contributed by atoms with Crippen LogP contribution in [0.4, 0.5) is 0 Å². The number of hydrogen-bond donors (Lipinski definition) is 2. The lowest BCUT2D eigenvalue weighted by Gasteiger charge is -2.11. The number of oxime groups is 1. The van der Waals surface area contributed by atoms with E-state index in [0.717, 1.165) is 5.56 Å². The van der Waals surface area contributed by atoms with Gasteiger partial charge in [-0.2, -0.15) is 0 Å². The fraction of sp³-hybridized carbons (Fsp3) is 0.357. The molecule has 7 nitrogen and oxygen atoms in total. The zero-order chi connectivity index (χ0) is 16.1. The summed E-state index contributed by atoms with van der Waals surface area (Å²) < 4.78 is 5.41. The molecule has 1 atom stereocenters. The van der Waals surface area contributed by atoms with E-state index in [0.29, 0.717) is 10.8 Å². The number of benzene rings is 1. The van der Waals surface area contributed by atoms with Gasteiger partial charge in [0.15, 0.2) is 12.7 Å². The highest BCUT2D eigenvalue weighted by Gasteiger charge is 2.24. The summed E-state index contributed by atoms with van der Waals surface area (Å²) >= 11 is 5.84. The predicted octanol–water partition coefficient (Wildman–Crippen LogP) is 0.774. The van der Waals surface area contributed by atoms with Crippen molar-refractivity contribution in [3.8, 4) is 5.75 Å². The Bertz CT molecular complexity index is 618. The molecule has 2 rings (SSSR count). The van der Waals surface area contributed by atoms with Crippen molar-refractivity contribution < 1.29 is 19.2 Å². The highest BCUT2D eigenvalue weighted by Crippen LogP contribution is 2.21. The Hall–Kier alpha value is -2.28. The van der Waals surface area contributed by atoms with Crippen molar-refractivity contribution in [1.29, 1.82) is 0 Å². The second-order valence-electron chi connectivity index (χ2n) is 4.84. The predicted molar refractivity (Wildman–Crippen MR) is 80.8 cm³/mol. The highest BCUT2D eigenvalue weighted by atomic mass is 35.5. The van der Waals surface area contributed by atoms with Gasteiger partial charge in [-0.25, -0.2) is 0 Å². The molecule has 22 heavy (non-hydrogen) atoms. The van der Waals surface area contributed by atoms with Gasteiger partial charge in [-0.05, 0) is 30.7 Å². The Labute approximate surface area is 132 Å². The van der Waals surface area contributed by atoms with Gasteiger partial charge < -0.3 is 20.6 Å². The van der Waals surface area contributed by atoms with Gasteiger partial charge in [-0.3, -0.25) is 9.59 Å². The van der Waals surface area contributed by atoms with Crippen molar-refractivity contribution in [3.05, 3.63) is 28.8 Å². The number of nitrogens with two attached hydrogens (primary N) is 1. The van der Waals surface area contributed by atoms with E-state index in [2.05, 4.69) is 10.5 Å². The summed E-state index contributed by atoms with van der Waals surface area (Å²) in [5.41, 5.74) is 6.11. The molecule has 0 spiro atoms. The molecule has 1 unspecified atom stereocenters. The molecule has 0 fully saturated rings. The van der Waals surface area contributed by atoms with Crippen LogP contribution in [0.3, 0.4) is 0 Å². The summed E-state index contributed by atoms with van der Waals surface area (Å²) in [5.74, 6) is -0.322. The standard InChI is InChI=1S/C14H16ClN3O4/c1-8-4-9(15)2-3-12(8)21-7-13(19)17-6-10-5-11(14(16)20)18-22-10/h2-4,10H,5-7H2,1H3,(H2,16,20)(H,17,19). The van der Waals surface area contributed by atoms with E-state index in [9.17, 15) is 9.59 Å². The van der Waals surface area contributed by atoms with Crippen molar-refractivity contribution in [2.24, 2.45) is 10.9 Å². The summed E-state index contributed by atoms with van der Waals surface area (Å²) in [6.45, 7) is 1.94. The average Bonchev–Trinajstić information content (AvgIpc) is 2.93. The largest absolute Gasteiger partial charge is 0.484 e. The number of rotatable bonds is 6. The van der Waals surface area contributed by atoms with Gasteiger partial charge >= 0.3 is 0 Å². The van der Waals surface area contributed by atoms with Crippen LogP contribution in [0.15, 0.2) is 23.4 Å². The number of primary amides is 1. The lowest BCUT2D eigenvalue weighted by molar-refractivity contribution is -0.123. The maximum atomic E-state index is 11.7. The molecule has 0 aliphatic carbocycles. The van der Waals surface area contributed by atoms with Crippen LogP contribution in [0.2, 0.25) is 5.02 Å². The molecular weight excluding hydrogens is 310 g/mol. The first-order valence-electron chi connectivity index (χ1n) is 6.64. The molecule has 2 amide bonds. The summed E-state index contributed by atoms with van der Waals surface area (Å²) in [4.78, 5) is 27.6. The molecule has 1 aliphatic rings. The second kappa shape index (κ2) is 7.13. The fourth-order valence-electron chi connectivity index (χ4n) is 1.88. The van der Waals surface area contributed by atoms with Crippen LogP contribution >= 0.6 is 11.6 Å². The topological polar surface area (TPSA) is 103 Å². The summed E-state index contributed by atoms with van der Waals surface area (Å²) in [6.07, 6.45) is -0.101. The lowest BCUT2D eigenvalue weighted by atomic mass is 10.2. The van der Waals surface area contributed by atoms with Crippen molar-refractivity contribution >= 4 is 29.1 Å². The number of amides is 2. The Morgan fingerprint density at radius 1 is 1.55 bits per heavy atom. The average molecular weight is 326 g/mol. The molecule has 0 saturated heterocycles. The first kappa shape index (κ1) is 16.1. The molecule has 118 valence electrons. The van der Waals surface area contributed by atoms with Crippen LogP contribution < -0.4 is 15.8 Å². The minimum absolute atomic E-state index is 0.126. The number of hydrogen-bond acceptors (Lipinski definition) is 5. The first-order chi connectivity index (χ1) is 10.5. The van der Waals surface area contributed by atoms with Crippen LogP contribution in [-0.4, -0.2) is 36.8 Å². The van der Waals surface area contributed by atoms with E-state index in [1.165, 1.54) is 0 Å². The number of nitrogens with zero attached hydrogens (tertiary/aromatic N) is 1. The van der Waals surface area contributed by atoms with Crippen molar-refractivity contribution in [2.45, 2.75) is 19.4 Å². The van der Waals surface area contributed by atoms with Gasteiger partial charge in [-0.1, -0.05) is 16.8 Å². The maximum absolute atomic E-state index is 11.7. The second-order valence-corrected chi connectivity index (χ2v) is 5.27. The number of ether oxygens (including phenoxy) is 1. The minimum Gasteiger partial charge on any atom is -0.484 e. The molecule has 1 aromatic carbocycles. The van der Waals surface area contributed by atoms with Crippen LogP contribution in [0, 0.1) is 6.92 Å². The van der Waals surface area contributed by atoms with Gasteiger partial charge in [0, 0.05) is 11.4 Å². The van der Waals surface area contributed by atoms with E-state index < -0.39 is 5.91 Å². The van der Waals surface area contributed by atoms with E-state index in [1.54, 1.807) is 18.2 Å². The molecule has 0 bridgehead atoms. The molecular formula is C14H16ClN3O4. The number of halogens is 1. The fourth-order valence-corrected chi connectivity index (χ4v) is 2.11. The number of carbonyl (C=O) groups is 2. The Kier molecular flexibility index (Phi) is 5.21. The number of carbonyl (C=O) groups excluding carboxylic acids is 2. The minimum atomic E-state index is -0.615. The lowest BCUT2D eigenvalue weighted by Crippen LogP contribution is -2.36. The van der Waals surface area contributed by atoms with Crippen molar-refractivity contribution in [2.75, 3.05) is 13.2 Å². The third kappa shape index (κ3) is 4.36. The van der Waals surface area contributed by atoms with Crippen molar-refractivity contribution in [1.82, 2.24) is 5.32 Å². The Morgan fingerprint density at radius 3 is 2.95 bits per heavy atom. The molecule has 1 aliphatic heterocycles. The SMILES string of the molecule is Cc1cc(Cl)ccc1OCC(=O)NCC1CC(C(N)=O)=NO1. The van der Waals surface area contributed by atoms with Crippen LogP contribution in [0.1, 0.15) is 12.0 Å². The number of nitrogens with one attached hydrogen (secondary N) is 1. The van der Waals surface area contributed by atoms with Gasteiger partial charge in [0.25, 0.3) is 11.8 Å². The smallest absolute Gasteiger partial charge is 0.266 e. The normalized spacial score (nSPS) is 16.6. The van der Waals surface area contributed by atoms with E-state index in [1.807, 2.05) is 6.92 Å². The monoisotopic (exact) mass is 325 g/mol. The van der Waals surface area contributed by atoms with Crippen LogP contribution in [-0.2, 0) is 14.4 Å². The molecule has 0 saturated carbocycles. The van der Waals surface area contributed by atoms with E-state index in [-0.39, 0.29) is 37.3 Å². The molecule has 8 heteroatoms. The highest BCUT2D eigenvalue weighted by molar-refractivity contribution is 6.38. The molecule has 1 heterocycles.